The number of likely N-dealkylation sites (tertiary alicyclic amines) is 1. The molecular formula is C23H30N4O2. The summed E-state index contributed by atoms with van der Waals surface area (Å²) in [5, 5.41) is 5.83. The van der Waals surface area contributed by atoms with Crippen LogP contribution in [0.15, 0.2) is 42.5 Å². The zero-order valence-electron chi connectivity index (χ0n) is 17.2. The van der Waals surface area contributed by atoms with Crippen molar-refractivity contribution in [3.63, 3.8) is 0 Å². The lowest BCUT2D eigenvalue weighted by molar-refractivity contribution is -0.118. The van der Waals surface area contributed by atoms with Crippen LogP contribution in [0.25, 0.3) is 0 Å². The number of nitrogens with zero attached hydrogens (tertiary/aromatic N) is 1. The fraction of sp³-hybridized carbons (Fsp3) is 0.391. The molecule has 0 radical (unpaired) electrons. The second-order valence-corrected chi connectivity index (χ2v) is 7.79. The van der Waals surface area contributed by atoms with Gasteiger partial charge >= 0.3 is 0 Å². The number of nitrogens with two attached hydrogens (primary N) is 1. The van der Waals surface area contributed by atoms with Crippen LogP contribution in [0, 0.1) is 13.8 Å². The van der Waals surface area contributed by atoms with Gasteiger partial charge in [-0.15, -0.1) is 0 Å². The van der Waals surface area contributed by atoms with E-state index in [4.69, 9.17) is 5.73 Å². The maximum atomic E-state index is 12.5. The maximum absolute atomic E-state index is 12.5. The van der Waals surface area contributed by atoms with E-state index in [0.29, 0.717) is 17.9 Å². The number of aryl methyl sites for hydroxylation is 2. The number of piperidine rings is 1. The Labute approximate surface area is 172 Å². The van der Waals surface area contributed by atoms with E-state index in [1.165, 1.54) is 6.42 Å². The Bertz CT molecular complexity index is 858. The van der Waals surface area contributed by atoms with Gasteiger partial charge in [0, 0.05) is 11.4 Å². The Morgan fingerprint density at radius 1 is 1.00 bits per heavy atom. The summed E-state index contributed by atoms with van der Waals surface area (Å²) in [5.41, 5.74) is 10.2. The van der Waals surface area contributed by atoms with Crippen molar-refractivity contribution in [1.82, 2.24) is 4.90 Å². The molecule has 29 heavy (non-hydrogen) atoms. The van der Waals surface area contributed by atoms with E-state index >= 15 is 0 Å². The summed E-state index contributed by atoms with van der Waals surface area (Å²) in [5.74, 6) is -0.321. The van der Waals surface area contributed by atoms with E-state index in [1.54, 1.807) is 6.07 Å². The summed E-state index contributed by atoms with van der Waals surface area (Å²) >= 11 is 0. The molecule has 3 rings (SSSR count). The molecule has 4 N–H and O–H groups in total. The van der Waals surface area contributed by atoms with Crippen LogP contribution >= 0.6 is 0 Å². The van der Waals surface area contributed by atoms with E-state index in [9.17, 15) is 9.59 Å². The Balaban J connectivity index is 1.62. The Morgan fingerprint density at radius 2 is 1.69 bits per heavy atom. The van der Waals surface area contributed by atoms with Crippen molar-refractivity contribution in [2.75, 3.05) is 30.3 Å². The predicted octanol–water partition coefficient (Wildman–Crippen LogP) is 3.37. The van der Waals surface area contributed by atoms with Crippen LogP contribution < -0.4 is 16.4 Å². The van der Waals surface area contributed by atoms with Gasteiger partial charge in [0.1, 0.15) is 6.04 Å². The summed E-state index contributed by atoms with van der Waals surface area (Å²) in [4.78, 5) is 27.2. The number of carbonyl (C=O) groups is 2. The van der Waals surface area contributed by atoms with Crippen molar-refractivity contribution in [3.8, 4) is 0 Å². The zero-order valence-corrected chi connectivity index (χ0v) is 17.2. The quantitative estimate of drug-likeness (QED) is 0.701. The molecule has 0 saturated carbocycles. The van der Waals surface area contributed by atoms with Gasteiger partial charge in [-0.25, -0.2) is 0 Å². The largest absolute Gasteiger partial charge is 0.325 e. The van der Waals surface area contributed by atoms with Crippen molar-refractivity contribution in [1.29, 1.82) is 0 Å². The normalized spacial score (nSPS) is 15.6. The standard InChI is InChI=1S/C23H30N4O2/c1-16-6-9-18(10-7-16)22(24)23(29)25-19-11-8-17(2)20(14-19)26-21(28)15-27-12-4-3-5-13-27/h6-11,14,22H,3-5,12-13,15,24H2,1-2H3,(H,25,29)(H,26,28). The highest BCUT2D eigenvalue weighted by Gasteiger charge is 2.17. The summed E-state index contributed by atoms with van der Waals surface area (Å²) in [6.07, 6.45) is 3.54. The second-order valence-electron chi connectivity index (χ2n) is 7.79. The van der Waals surface area contributed by atoms with Crippen LogP contribution in [0.1, 0.15) is 42.0 Å². The van der Waals surface area contributed by atoms with Crippen LogP contribution in [0.3, 0.4) is 0 Å². The minimum absolute atomic E-state index is 0.0326. The summed E-state index contributed by atoms with van der Waals surface area (Å²) in [7, 11) is 0. The fourth-order valence-electron chi connectivity index (χ4n) is 3.49. The molecule has 1 fully saturated rings. The van der Waals surface area contributed by atoms with Crippen LogP contribution in [0.2, 0.25) is 0 Å². The predicted molar refractivity (Wildman–Crippen MR) is 117 cm³/mol. The van der Waals surface area contributed by atoms with Crippen LogP contribution in [0.5, 0.6) is 0 Å². The molecule has 0 bridgehead atoms. The molecule has 0 aliphatic carbocycles. The first-order valence-corrected chi connectivity index (χ1v) is 10.2. The summed E-state index contributed by atoms with van der Waals surface area (Å²) in [6, 6.07) is 12.3. The molecular weight excluding hydrogens is 364 g/mol. The molecule has 2 aromatic carbocycles. The number of carbonyl (C=O) groups excluding carboxylic acids is 2. The molecule has 6 heteroatoms. The van der Waals surface area contributed by atoms with Crippen molar-refractivity contribution < 1.29 is 9.59 Å². The molecule has 1 heterocycles. The lowest BCUT2D eigenvalue weighted by Gasteiger charge is -2.25. The van der Waals surface area contributed by atoms with Gasteiger partial charge in [-0.05, 0) is 63.0 Å². The van der Waals surface area contributed by atoms with E-state index in [-0.39, 0.29) is 11.8 Å². The molecule has 1 unspecified atom stereocenters. The molecule has 1 aliphatic heterocycles. The lowest BCUT2D eigenvalue weighted by atomic mass is 10.1. The molecule has 0 aromatic heterocycles. The Hall–Kier alpha value is -2.70. The van der Waals surface area contributed by atoms with Gasteiger partial charge in [-0.1, -0.05) is 42.3 Å². The van der Waals surface area contributed by atoms with Gasteiger partial charge in [-0.3, -0.25) is 14.5 Å². The molecule has 6 nitrogen and oxygen atoms in total. The molecule has 2 amide bonds. The van der Waals surface area contributed by atoms with Crippen molar-refractivity contribution in [2.45, 2.75) is 39.2 Å². The van der Waals surface area contributed by atoms with Crippen LogP contribution in [0.4, 0.5) is 11.4 Å². The zero-order chi connectivity index (χ0) is 20.8. The maximum Gasteiger partial charge on any atom is 0.245 e. The third-order valence-electron chi connectivity index (χ3n) is 5.31. The SMILES string of the molecule is Cc1ccc(C(N)C(=O)Nc2ccc(C)c(NC(=O)CN3CCCCC3)c2)cc1. The summed E-state index contributed by atoms with van der Waals surface area (Å²) < 4.78 is 0. The number of nitrogens with one attached hydrogen (secondary N) is 2. The number of amides is 2. The van der Waals surface area contributed by atoms with Crippen molar-refractivity contribution >= 4 is 23.2 Å². The van der Waals surface area contributed by atoms with Gasteiger partial charge in [0.2, 0.25) is 11.8 Å². The highest BCUT2D eigenvalue weighted by Crippen LogP contribution is 2.22. The number of hydrogen-bond donors (Lipinski definition) is 3. The van der Waals surface area contributed by atoms with Gasteiger partial charge in [0.15, 0.2) is 0 Å². The van der Waals surface area contributed by atoms with E-state index in [1.807, 2.05) is 50.2 Å². The molecule has 2 aromatic rings. The molecule has 0 spiro atoms. The van der Waals surface area contributed by atoms with Crippen LogP contribution in [-0.2, 0) is 9.59 Å². The first kappa shape index (κ1) is 21.0. The van der Waals surface area contributed by atoms with E-state index < -0.39 is 6.04 Å². The average Bonchev–Trinajstić information content (AvgIpc) is 2.71. The fourth-order valence-corrected chi connectivity index (χ4v) is 3.49. The molecule has 1 aliphatic rings. The number of hydrogen-bond acceptors (Lipinski definition) is 4. The third-order valence-corrected chi connectivity index (χ3v) is 5.31. The third kappa shape index (κ3) is 5.89. The minimum atomic E-state index is -0.756. The highest BCUT2D eigenvalue weighted by molar-refractivity contribution is 5.97. The second kappa shape index (κ2) is 9.67. The molecule has 154 valence electrons. The first-order chi connectivity index (χ1) is 13.9. The number of benzene rings is 2. The molecule has 1 atom stereocenters. The number of anilines is 2. The minimum Gasteiger partial charge on any atom is -0.325 e. The van der Waals surface area contributed by atoms with Crippen LogP contribution in [-0.4, -0.2) is 36.3 Å². The van der Waals surface area contributed by atoms with Gasteiger partial charge in [0.05, 0.1) is 6.54 Å². The summed E-state index contributed by atoms with van der Waals surface area (Å²) in [6.45, 7) is 6.26. The Kier molecular flexibility index (Phi) is 7.01. The Morgan fingerprint density at radius 3 is 2.38 bits per heavy atom. The average molecular weight is 395 g/mol. The monoisotopic (exact) mass is 394 g/mol. The van der Waals surface area contributed by atoms with Gasteiger partial charge in [0.25, 0.3) is 0 Å². The smallest absolute Gasteiger partial charge is 0.245 e. The first-order valence-electron chi connectivity index (χ1n) is 10.2. The topological polar surface area (TPSA) is 87.5 Å². The lowest BCUT2D eigenvalue weighted by Crippen LogP contribution is -2.36. The van der Waals surface area contributed by atoms with E-state index in [0.717, 1.165) is 42.6 Å². The van der Waals surface area contributed by atoms with Crippen molar-refractivity contribution in [3.05, 3.63) is 59.2 Å². The van der Waals surface area contributed by atoms with Gasteiger partial charge < -0.3 is 16.4 Å². The number of rotatable bonds is 6. The van der Waals surface area contributed by atoms with Gasteiger partial charge in [-0.2, -0.15) is 0 Å². The molecule has 1 saturated heterocycles. The van der Waals surface area contributed by atoms with E-state index in [2.05, 4.69) is 15.5 Å². The van der Waals surface area contributed by atoms with Crippen molar-refractivity contribution in [2.24, 2.45) is 5.73 Å². The highest BCUT2D eigenvalue weighted by atomic mass is 16.2.